The van der Waals surface area contributed by atoms with Crippen LogP contribution in [-0.4, -0.2) is 4.98 Å². The molecule has 2 aromatic rings. The van der Waals surface area contributed by atoms with Crippen molar-refractivity contribution in [1.82, 2.24) is 4.98 Å². The maximum atomic E-state index is 4.22. The first-order valence-electron chi connectivity index (χ1n) is 5.47. The summed E-state index contributed by atoms with van der Waals surface area (Å²) in [5.74, 6) is 0.917. The summed E-state index contributed by atoms with van der Waals surface area (Å²) >= 11 is 0. The van der Waals surface area contributed by atoms with E-state index in [4.69, 9.17) is 0 Å². The fraction of sp³-hybridized carbons (Fsp3) is 0.214. The first-order valence-corrected chi connectivity index (χ1v) is 5.47. The van der Waals surface area contributed by atoms with E-state index in [0.717, 1.165) is 12.4 Å². The normalized spacial score (nSPS) is 9.53. The predicted octanol–water partition coefficient (Wildman–Crippen LogP) is 3.73. The standard InChI is InChI=1S/C14H16N2.ClH/c1-11-6-7-13(9-12(11)2)10-16-14-5-3-4-8-15-14;/h3-9H,10H2,1-2H3,(H,15,16);1H. The van der Waals surface area contributed by atoms with E-state index in [-0.39, 0.29) is 12.4 Å². The molecule has 1 N–H and O–H groups in total. The van der Waals surface area contributed by atoms with E-state index in [0.29, 0.717) is 0 Å². The lowest BCUT2D eigenvalue weighted by atomic mass is 10.1. The Labute approximate surface area is 109 Å². The number of aryl methyl sites for hydroxylation is 2. The number of anilines is 1. The van der Waals surface area contributed by atoms with Crippen LogP contribution in [0.4, 0.5) is 5.82 Å². The van der Waals surface area contributed by atoms with Crippen LogP contribution in [0, 0.1) is 13.8 Å². The summed E-state index contributed by atoms with van der Waals surface area (Å²) in [7, 11) is 0. The molecule has 0 aliphatic carbocycles. The highest BCUT2D eigenvalue weighted by atomic mass is 35.5. The number of hydrogen-bond donors (Lipinski definition) is 1. The van der Waals surface area contributed by atoms with Gasteiger partial charge >= 0.3 is 0 Å². The average Bonchev–Trinajstić information content (AvgIpc) is 2.32. The highest BCUT2D eigenvalue weighted by Gasteiger charge is 1.97. The van der Waals surface area contributed by atoms with E-state index >= 15 is 0 Å². The Hall–Kier alpha value is -1.54. The van der Waals surface area contributed by atoms with Gasteiger partial charge in [0.15, 0.2) is 0 Å². The Kier molecular flexibility index (Phi) is 4.98. The third-order valence-electron chi connectivity index (χ3n) is 2.71. The van der Waals surface area contributed by atoms with Crippen LogP contribution < -0.4 is 5.32 Å². The Morgan fingerprint density at radius 2 is 1.88 bits per heavy atom. The average molecular weight is 249 g/mol. The molecule has 0 bridgehead atoms. The number of pyridine rings is 1. The van der Waals surface area contributed by atoms with Crippen LogP contribution in [0.25, 0.3) is 0 Å². The van der Waals surface area contributed by atoms with Crippen molar-refractivity contribution in [3.63, 3.8) is 0 Å². The largest absolute Gasteiger partial charge is 0.366 e. The van der Waals surface area contributed by atoms with Crippen molar-refractivity contribution in [3.05, 3.63) is 59.3 Å². The van der Waals surface area contributed by atoms with Crippen molar-refractivity contribution < 1.29 is 0 Å². The second kappa shape index (κ2) is 6.26. The summed E-state index contributed by atoms with van der Waals surface area (Å²) < 4.78 is 0. The Bertz CT molecular complexity index is 469. The molecule has 0 amide bonds. The van der Waals surface area contributed by atoms with Gasteiger partial charge in [-0.3, -0.25) is 0 Å². The minimum absolute atomic E-state index is 0. The van der Waals surface area contributed by atoms with E-state index in [1.54, 1.807) is 6.20 Å². The molecule has 0 fully saturated rings. The predicted molar refractivity (Wildman–Crippen MR) is 74.7 cm³/mol. The first kappa shape index (κ1) is 13.5. The highest BCUT2D eigenvalue weighted by molar-refractivity contribution is 5.85. The number of aromatic nitrogens is 1. The lowest BCUT2D eigenvalue weighted by molar-refractivity contribution is 1.10. The fourth-order valence-corrected chi connectivity index (χ4v) is 1.57. The lowest BCUT2D eigenvalue weighted by Crippen LogP contribution is -2.01. The van der Waals surface area contributed by atoms with Crippen molar-refractivity contribution >= 4 is 18.2 Å². The van der Waals surface area contributed by atoms with Crippen molar-refractivity contribution in [2.24, 2.45) is 0 Å². The van der Waals surface area contributed by atoms with Gasteiger partial charge in [0.05, 0.1) is 0 Å². The summed E-state index contributed by atoms with van der Waals surface area (Å²) in [4.78, 5) is 4.22. The van der Waals surface area contributed by atoms with E-state index < -0.39 is 0 Å². The maximum Gasteiger partial charge on any atom is 0.126 e. The van der Waals surface area contributed by atoms with Crippen molar-refractivity contribution in [2.75, 3.05) is 5.32 Å². The molecule has 0 atom stereocenters. The smallest absolute Gasteiger partial charge is 0.126 e. The molecule has 1 heterocycles. The lowest BCUT2D eigenvalue weighted by Gasteiger charge is -2.07. The van der Waals surface area contributed by atoms with Crippen molar-refractivity contribution in [2.45, 2.75) is 20.4 Å². The summed E-state index contributed by atoms with van der Waals surface area (Å²) in [6.45, 7) is 5.09. The Balaban J connectivity index is 0.00000144. The second-order valence-corrected chi connectivity index (χ2v) is 3.99. The van der Waals surface area contributed by atoms with Gasteiger partial charge in [-0.05, 0) is 42.7 Å². The molecule has 0 saturated heterocycles. The molecule has 2 nitrogen and oxygen atoms in total. The van der Waals surface area contributed by atoms with Crippen LogP contribution in [-0.2, 0) is 6.54 Å². The van der Waals surface area contributed by atoms with E-state index in [1.807, 2.05) is 18.2 Å². The van der Waals surface area contributed by atoms with Gasteiger partial charge in [0.25, 0.3) is 0 Å². The molecule has 0 spiro atoms. The van der Waals surface area contributed by atoms with Gasteiger partial charge < -0.3 is 5.32 Å². The third kappa shape index (κ3) is 3.75. The summed E-state index contributed by atoms with van der Waals surface area (Å²) in [6, 6.07) is 12.4. The highest BCUT2D eigenvalue weighted by Crippen LogP contribution is 2.11. The van der Waals surface area contributed by atoms with Gasteiger partial charge in [0, 0.05) is 12.7 Å². The van der Waals surface area contributed by atoms with Gasteiger partial charge in [-0.15, -0.1) is 12.4 Å². The monoisotopic (exact) mass is 248 g/mol. The molecule has 3 heteroatoms. The number of rotatable bonds is 3. The number of halogens is 1. The Morgan fingerprint density at radius 3 is 2.53 bits per heavy atom. The van der Waals surface area contributed by atoms with Crippen molar-refractivity contribution in [1.29, 1.82) is 0 Å². The molecule has 0 aliphatic heterocycles. The molecule has 2 rings (SSSR count). The molecule has 17 heavy (non-hydrogen) atoms. The SMILES string of the molecule is Cc1ccc(CNc2ccccn2)cc1C.Cl. The van der Waals surface area contributed by atoms with Crippen LogP contribution in [0.1, 0.15) is 16.7 Å². The minimum Gasteiger partial charge on any atom is -0.366 e. The van der Waals surface area contributed by atoms with Crippen molar-refractivity contribution in [3.8, 4) is 0 Å². The fourth-order valence-electron chi connectivity index (χ4n) is 1.57. The zero-order valence-corrected chi connectivity index (χ0v) is 10.9. The molecular formula is C14H17ClN2. The molecule has 0 saturated carbocycles. The summed E-state index contributed by atoms with van der Waals surface area (Å²) in [5, 5.41) is 3.30. The van der Waals surface area contributed by atoms with Gasteiger partial charge in [-0.1, -0.05) is 24.3 Å². The summed E-state index contributed by atoms with van der Waals surface area (Å²) in [5.41, 5.74) is 3.95. The van der Waals surface area contributed by atoms with E-state index in [1.165, 1.54) is 16.7 Å². The van der Waals surface area contributed by atoms with Crippen LogP contribution in [0.2, 0.25) is 0 Å². The zero-order valence-electron chi connectivity index (χ0n) is 10.1. The van der Waals surface area contributed by atoms with Crippen LogP contribution in [0.5, 0.6) is 0 Å². The number of nitrogens with zero attached hydrogens (tertiary/aromatic N) is 1. The third-order valence-corrected chi connectivity index (χ3v) is 2.71. The molecule has 0 unspecified atom stereocenters. The maximum absolute atomic E-state index is 4.22. The van der Waals surface area contributed by atoms with Gasteiger partial charge in [0.1, 0.15) is 5.82 Å². The zero-order chi connectivity index (χ0) is 11.4. The molecule has 0 aliphatic rings. The molecule has 1 aromatic heterocycles. The number of benzene rings is 1. The van der Waals surface area contributed by atoms with Gasteiger partial charge in [0.2, 0.25) is 0 Å². The molecule has 90 valence electrons. The topological polar surface area (TPSA) is 24.9 Å². The Morgan fingerprint density at radius 1 is 1.06 bits per heavy atom. The van der Waals surface area contributed by atoms with Gasteiger partial charge in [-0.2, -0.15) is 0 Å². The number of nitrogens with one attached hydrogen (secondary N) is 1. The quantitative estimate of drug-likeness (QED) is 0.895. The first-order chi connectivity index (χ1) is 7.75. The van der Waals surface area contributed by atoms with E-state index in [2.05, 4.69) is 42.3 Å². The van der Waals surface area contributed by atoms with Crippen LogP contribution in [0.15, 0.2) is 42.6 Å². The van der Waals surface area contributed by atoms with E-state index in [9.17, 15) is 0 Å². The second-order valence-electron chi connectivity index (χ2n) is 3.99. The minimum atomic E-state index is 0. The molecule has 0 radical (unpaired) electrons. The summed E-state index contributed by atoms with van der Waals surface area (Å²) in [6.07, 6.45) is 1.79. The molecule has 1 aromatic carbocycles. The van der Waals surface area contributed by atoms with Gasteiger partial charge in [-0.25, -0.2) is 4.98 Å². The number of hydrogen-bond acceptors (Lipinski definition) is 2. The molecular weight excluding hydrogens is 232 g/mol. The van der Waals surface area contributed by atoms with Crippen LogP contribution in [0.3, 0.4) is 0 Å². The van der Waals surface area contributed by atoms with Crippen LogP contribution >= 0.6 is 12.4 Å².